The second-order valence-corrected chi connectivity index (χ2v) is 5.47. The molecule has 5 nitrogen and oxygen atoms in total. The van der Waals surface area contributed by atoms with Crippen molar-refractivity contribution < 1.29 is 14.3 Å². The van der Waals surface area contributed by atoms with Gasteiger partial charge in [-0.2, -0.15) is 0 Å². The first-order chi connectivity index (χ1) is 10.1. The smallest absolute Gasteiger partial charge is 0.244 e. The Bertz CT molecular complexity index is 496. The van der Waals surface area contributed by atoms with Gasteiger partial charge in [-0.3, -0.25) is 4.79 Å². The molecule has 3 N–H and O–H groups in total. The maximum absolute atomic E-state index is 12.4. The van der Waals surface area contributed by atoms with Crippen molar-refractivity contribution >= 4 is 11.6 Å². The van der Waals surface area contributed by atoms with Gasteiger partial charge in [0.15, 0.2) is 11.5 Å². The minimum atomic E-state index is -0.746. The van der Waals surface area contributed by atoms with Gasteiger partial charge in [0.25, 0.3) is 0 Å². The van der Waals surface area contributed by atoms with E-state index in [1.807, 2.05) is 6.92 Å². The Balaban J connectivity index is 2.11. The van der Waals surface area contributed by atoms with Crippen LogP contribution in [0.2, 0.25) is 0 Å². The lowest BCUT2D eigenvalue weighted by molar-refractivity contribution is -0.122. The highest BCUT2D eigenvalue weighted by molar-refractivity contribution is 5.98. The molecular formula is C16H24N2O3. The monoisotopic (exact) mass is 292 g/mol. The molecule has 1 fully saturated rings. The topological polar surface area (TPSA) is 73.6 Å². The van der Waals surface area contributed by atoms with Crippen molar-refractivity contribution in [3.8, 4) is 11.5 Å². The van der Waals surface area contributed by atoms with Crippen LogP contribution in [-0.2, 0) is 4.79 Å². The third-order valence-electron chi connectivity index (χ3n) is 3.92. The van der Waals surface area contributed by atoms with E-state index in [1.165, 1.54) is 0 Å². The zero-order valence-electron chi connectivity index (χ0n) is 12.8. The first-order valence-corrected chi connectivity index (χ1v) is 7.50. The van der Waals surface area contributed by atoms with E-state index < -0.39 is 5.54 Å². The Morgan fingerprint density at radius 3 is 2.62 bits per heavy atom. The Kier molecular flexibility index (Phi) is 5.07. The fraction of sp³-hybridized carbons (Fsp3) is 0.562. The zero-order chi connectivity index (χ0) is 15.3. The standard InChI is InChI=1S/C16H24N2O3/c1-3-21-14-11-12(7-8-13(14)20-2)18-15(19)16(17)9-5-4-6-10-16/h7-8,11H,3-6,9-10,17H2,1-2H3,(H,18,19). The molecule has 1 saturated carbocycles. The summed E-state index contributed by atoms with van der Waals surface area (Å²) < 4.78 is 10.7. The first kappa shape index (κ1) is 15.6. The fourth-order valence-corrected chi connectivity index (χ4v) is 2.69. The Labute approximate surface area is 125 Å². The van der Waals surface area contributed by atoms with Gasteiger partial charge in [0.1, 0.15) is 0 Å². The molecule has 1 aromatic rings. The molecule has 116 valence electrons. The molecule has 1 aliphatic carbocycles. The molecule has 0 unspecified atom stereocenters. The summed E-state index contributed by atoms with van der Waals surface area (Å²) in [5, 5.41) is 2.90. The molecule has 0 saturated heterocycles. The van der Waals surface area contributed by atoms with E-state index >= 15 is 0 Å². The van der Waals surface area contributed by atoms with Gasteiger partial charge in [-0.25, -0.2) is 0 Å². The predicted molar refractivity (Wildman–Crippen MR) is 82.8 cm³/mol. The van der Waals surface area contributed by atoms with Gasteiger partial charge in [0.2, 0.25) is 5.91 Å². The number of ether oxygens (including phenoxy) is 2. The van der Waals surface area contributed by atoms with E-state index in [0.717, 1.165) is 32.1 Å². The quantitative estimate of drug-likeness (QED) is 0.875. The number of hydrogen-bond acceptors (Lipinski definition) is 4. The predicted octanol–water partition coefficient (Wildman–Crippen LogP) is 2.69. The van der Waals surface area contributed by atoms with E-state index in [9.17, 15) is 4.79 Å². The number of carbonyl (C=O) groups excluding carboxylic acids is 1. The van der Waals surface area contributed by atoms with Crippen LogP contribution in [0.4, 0.5) is 5.69 Å². The van der Waals surface area contributed by atoms with Crippen LogP contribution in [0.25, 0.3) is 0 Å². The number of hydrogen-bond donors (Lipinski definition) is 2. The van der Waals surface area contributed by atoms with E-state index in [4.69, 9.17) is 15.2 Å². The van der Waals surface area contributed by atoms with Crippen LogP contribution in [0.5, 0.6) is 11.5 Å². The second kappa shape index (κ2) is 6.80. The van der Waals surface area contributed by atoms with Gasteiger partial charge in [0, 0.05) is 11.8 Å². The number of rotatable bonds is 5. The van der Waals surface area contributed by atoms with Crippen LogP contribution in [0.3, 0.4) is 0 Å². The lowest BCUT2D eigenvalue weighted by atomic mass is 9.82. The van der Waals surface area contributed by atoms with E-state index in [-0.39, 0.29) is 5.91 Å². The highest BCUT2D eigenvalue weighted by Crippen LogP contribution is 2.32. The largest absolute Gasteiger partial charge is 0.493 e. The number of amides is 1. The molecule has 2 rings (SSSR count). The van der Waals surface area contributed by atoms with E-state index in [1.54, 1.807) is 25.3 Å². The number of benzene rings is 1. The SMILES string of the molecule is CCOc1cc(NC(=O)C2(N)CCCCC2)ccc1OC. The Hall–Kier alpha value is -1.75. The molecule has 0 aliphatic heterocycles. The minimum Gasteiger partial charge on any atom is -0.493 e. The molecule has 0 bridgehead atoms. The maximum Gasteiger partial charge on any atom is 0.244 e. The molecule has 5 heteroatoms. The molecule has 0 heterocycles. The summed E-state index contributed by atoms with van der Waals surface area (Å²) >= 11 is 0. The number of methoxy groups -OCH3 is 1. The summed E-state index contributed by atoms with van der Waals surface area (Å²) in [6, 6.07) is 5.35. The second-order valence-electron chi connectivity index (χ2n) is 5.47. The zero-order valence-corrected chi connectivity index (χ0v) is 12.8. The normalized spacial score (nSPS) is 17.1. The molecule has 0 radical (unpaired) electrons. The number of anilines is 1. The lowest BCUT2D eigenvalue weighted by Crippen LogP contribution is -2.52. The van der Waals surface area contributed by atoms with Crippen LogP contribution in [0, 0.1) is 0 Å². The highest BCUT2D eigenvalue weighted by atomic mass is 16.5. The maximum atomic E-state index is 12.4. The Morgan fingerprint density at radius 2 is 2.00 bits per heavy atom. The molecule has 0 atom stereocenters. The van der Waals surface area contributed by atoms with Crippen molar-refractivity contribution in [3.05, 3.63) is 18.2 Å². The van der Waals surface area contributed by atoms with Crippen LogP contribution < -0.4 is 20.5 Å². The molecule has 0 aromatic heterocycles. The molecular weight excluding hydrogens is 268 g/mol. The van der Waals surface area contributed by atoms with Crippen molar-refractivity contribution in [2.24, 2.45) is 5.73 Å². The number of carbonyl (C=O) groups is 1. The van der Waals surface area contributed by atoms with Gasteiger partial charge in [0.05, 0.1) is 19.3 Å². The van der Waals surface area contributed by atoms with Crippen molar-refractivity contribution in [1.29, 1.82) is 0 Å². The van der Waals surface area contributed by atoms with Crippen molar-refractivity contribution in [2.45, 2.75) is 44.6 Å². The van der Waals surface area contributed by atoms with Crippen molar-refractivity contribution in [2.75, 3.05) is 19.0 Å². The highest BCUT2D eigenvalue weighted by Gasteiger charge is 2.35. The van der Waals surface area contributed by atoms with Crippen LogP contribution >= 0.6 is 0 Å². The van der Waals surface area contributed by atoms with Gasteiger partial charge < -0.3 is 20.5 Å². The fourth-order valence-electron chi connectivity index (χ4n) is 2.69. The van der Waals surface area contributed by atoms with Crippen LogP contribution in [0.1, 0.15) is 39.0 Å². The molecule has 1 aliphatic rings. The number of nitrogens with two attached hydrogens (primary N) is 1. The summed E-state index contributed by atoms with van der Waals surface area (Å²) in [6.45, 7) is 2.44. The lowest BCUT2D eigenvalue weighted by Gasteiger charge is -2.31. The van der Waals surface area contributed by atoms with Crippen LogP contribution in [0.15, 0.2) is 18.2 Å². The third kappa shape index (κ3) is 3.67. The van der Waals surface area contributed by atoms with Gasteiger partial charge >= 0.3 is 0 Å². The average Bonchev–Trinajstić information content (AvgIpc) is 2.48. The molecule has 0 spiro atoms. The summed E-state index contributed by atoms with van der Waals surface area (Å²) in [5.74, 6) is 1.15. The Morgan fingerprint density at radius 1 is 1.29 bits per heavy atom. The number of nitrogens with one attached hydrogen (secondary N) is 1. The van der Waals surface area contributed by atoms with Gasteiger partial charge in [-0.1, -0.05) is 19.3 Å². The summed E-state index contributed by atoms with van der Waals surface area (Å²) in [5.41, 5.74) is 6.17. The average molecular weight is 292 g/mol. The molecule has 1 aromatic carbocycles. The van der Waals surface area contributed by atoms with Crippen molar-refractivity contribution in [1.82, 2.24) is 0 Å². The van der Waals surface area contributed by atoms with Gasteiger partial charge in [-0.15, -0.1) is 0 Å². The molecule has 1 amide bonds. The molecule has 21 heavy (non-hydrogen) atoms. The minimum absolute atomic E-state index is 0.116. The van der Waals surface area contributed by atoms with Crippen molar-refractivity contribution in [3.63, 3.8) is 0 Å². The van der Waals surface area contributed by atoms with E-state index in [0.29, 0.717) is 23.8 Å². The summed E-state index contributed by atoms with van der Waals surface area (Å²) in [6.07, 6.45) is 4.66. The first-order valence-electron chi connectivity index (χ1n) is 7.50. The third-order valence-corrected chi connectivity index (χ3v) is 3.92. The van der Waals surface area contributed by atoms with Crippen LogP contribution in [-0.4, -0.2) is 25.2 Å². The van der Waals surface area contributed by atoms with E-state index in [2.05, 4.69) is 5.32 Å². The summed E-state index contributed by atoms with van der Waals surface area (Å²) in [7, 11) is 1.59. The summed E-state index contributed by atoms with van der Waals surface area (Å²) in [4.78, 5) is 12.4. The van der Waals surface area contributed by atoms with Gasteiger partial charge in [-0.05, 0) is 31.9 Å².